The Bertz CT molecular complexity index is 1170. The molecule has 0 radical (unpaired) electrons. The second-order valence-electron chi connectivity index (χ2n) is 18.3. The summed E-state index contributed by atoms with van der Waals surface area (Å²) in [5.41, 5.74) is 4.43. The summed E-state index contributed by atoms with van der Waals surface area (Å²) < 4.78 is 14.1. The van der Waals surface area contributed by atoms with Gasteiger partial charge in [0.15, 0.2) is 22.4 Å². The molecule has 4 aliphatic carbocycles. The molecule has 6 atom stereocenters. The van der Waals surface area contributed by atoms with Gasteiger partial charge in [-0.2, -0.15) is 0 Å². The van der Waals surface area contributed by atoms with Gasteiger partial charge in [0.25, 0.3) is 0 Å². The first kappa shape index (κ1) is 35.8. The lowest BCUT2D eigenvalue weighted by Gasteiger charge is -2.45. The lowest BCUT2D eigenvalue weighted by Crippen LogP contribution is -2.49. The Kier molecular flexibility index (Phi) is 10.5. The van der Waals surface area contributed by atoms with Crippen LogP contribution in [0.25, 0.3) is 0 Å². The topological polar surface area (TPSA) is 35.5 Å². The molecule has 0 saturated heterocycles. The van der Waals surface area contributed by atoms with Crippen molar-refractivity contribution in [2.24, 2.45) is 29.1 Å². The summed E-state index contributed by atoms with van der Waals surface area (Å²) in [6.07, 6.45) is 19.5. The highest BCUT2D eigenvalue weighted by molar-refractivity contribution is 6.74. The Morgan fingerprint density at radius 3 is 2.16 bits per heavy atom. The molecule has 3 nitrogen and oxygen atoms in total. The summed E-state index contributed by atoms with van der Waals surface area (Å²) in [6.45, 7) is 33.0. The fraction of sp³-hybridized carbons (Fsp3) is 0.769. The number of hydrogen-bond acceptors (Lipinski definition) is 3. The number of allylic oxidation sites excluding steroid dienone is 5. The molecular formula is C39H66O3Si2. The molecule has 0 aromatic rings. The van der Waals surface area contributed by atoms with Gasteiger partial charge in [0.2, 0.25) is 0 Å². The monoisotopic (exact) mass is 638 g/mol. The van der Waals surface area contributed by atoms with E-state index >= 15 is 0 Å². The van der Waals surface area contributed by atoms with Crippen molar-refractivity contribution in [3.05, 3.63) is 47.6 Å². The second kappa shape index (κ2) is 12.9. The maximum absolute atomic E-state index is 12.4. The molecule has 0 bridgehead atoms. The molecule has 0 aromatic carbocycles. The van der Waals surface area contributed by atoms with Gasteiger partial charge in [0, 0.05) is 12.3 Å². The summed E-state index contributed by atoms with van der Waals surface area (Å²) in [7, 11) is -3.91. The summed E-state index contributed by atoms with van der Waals surface area (Å²) in [4.78, 5) is 12.4. The average Bonchev–Trinajstić information content (AvgIpc) is 3.68. The van der Waals surface area contributed by atoms with Gasteiger partial charge in [-0.1, -0.05) is 85.8 Å². The van der Waals surface area contributed by atoms with Gasteiger partial charge in [-0.3, -0.25) is 4.79 Å². The molecule has 0 unspecified atom stereocenters. The van der Waals surface area contributed by atoms with Crippen LogP contribution in [0.5, 0.6) is 0 Å². The highest BCUT2D eigenvalue weighted by Crippen LogP contribution is 2.59. The van der Waals surface area contributed by atoms with Crippen LogP contribution in [-0.2, 0) is 13.6 Å². The van der Waals surface area contributed by atoms with Crippen LogP contribution in [0.15, 0.2) is 47.6 Å². The minimum atomic E-state index is -1.98. The summed E-state index contributed by atoms with van der Waals surface area (Å²) in [5, 5.41) is 0.321. The molecule has 0 aliphatic heterocycles. The molecule has 248 valence electrons. The normalized spacial score (nSPS) is 33.3. The van der Waals surface area contributed by atoms with Crippen LogP contribution in [0.3, 0.4) is 0 Å². The first-order valence-electron chi connectivity index (χ1n) is 17.8. The SMILES string of the molecule is C=C1/C(=C\C=C2/CCC[C@]3(C)[C@@H]([C@H](C)/C=C/C(=O)C4CC4)CC[C@@H]23)C[C@@H](O[Si](C)(C)C(C)(C)C)C[C@@H]1O[Si](C)(C)C(C)(C)C. The number of fused-ring (bicyclic) bond motifs is 1. The Morgan fingerprint density at radius 1 is 0.955 bits per heavy atom. The molecule has 4 saturated carbocycles. The van der Waals surface area contributed by atoms with Gasteiger partial charge in [-0.05, 0) is 128 Å². The molecule has 4 aliphatic rings. The van der Waals surface area contributed by atoms with E-state index in [0.29, 0.717) is 34.9 Å². The Labute approximate surface area is 273 Å². The molecule has 0 aromatic heterocycles. The van der Waals surface area contributed by atoms with Gasteiger partial charge in [-0.15, -0.1) is 0 Å². The Morgan fingerprint density at radius 2 is 1.57 bits per heavy atom. The Hall–Kier alpha value is -1.02. The molecule has 0 heterocycles. The van der Waals surface area contributed by atoms with Gasteiger partial charge < -0.3 is 8.85 Å². The quantitative estimate of drug-likeness (QED) is 0.186. The molecule has 0 amide bonds. The van der Waals surface area contributed by atoms with Gasteiger partial charge in [0.1, 0.15) is 0 Å². The number of hydrogen-bond donors (Lipinski definition) is 0. The summed E-state index contributed by atoms with van der Waals surface area (Å²) >= 11 is 0. The first-order chi connectivity index (χ1) is 20.2. The van der Waals surface area contributed by atoms with E-state index in [1.807, 2.05) is 6.08 Å². The van der Waals surface area contributed by atoms with Gasteiger partial charge >= 0.3 is 0 Å². The highest BCUT2D eigenvalue weighted by atomic mass is 28.4. The van der Waals surface area contributed by atoms with Crippen LogP contribution in [-0.4, -0.2) is 34.6 Å². The van der Waals surface area contributed by atoms with Crippen molar-refractivity contribution in [2.45, 2.75) is 162 Å². The highest BCUT2D eigenvalue weighted by Gasteiger charge is 2.50. The lowest BCUT2D eigenvalue weighted by atomic mass is 9.61. The van der Waals surface area contributed by atoms with Crippen molar-refractivity contribution in [1.29, 1.82) is 0 Å². The Balaban J connectivity index is 1.58. The summed E-state index contributed by atoms with van der Waals surface area (Å²) in [5.74, 6) is 2.39. The molecule has 0 spiro atoms. The first-order valence-corrected chi connectivity index (χ1v) is 23.6. The third-order valence-corrected chi connectivity index (χ3v) is 22.0. The van der Waals surface area contributed by atoms with E-state index in [-0.39, 0.29) is 22.3 Å². The third kappa shape index (κ3) is 7.74. The molecule has 5 heteroatoms. The molecule has 0 N–H and O–H groups in total. The standard InChI is InChI=1S/C39H66O3Si2/c1-27(16-23-35(40)30-18-19-30)33-21-22-34-29(15-14-24-39(33,34)9)17-20-31-25-32(41-43(10,11)37(3,4)5)26-36(28(31)2)42-44(12,13)38(6,7)8/h16-17,20,23,27,30,32-34,36H,2,14-15,18-19,21-22,24-26H2,1,3-13H3/b23-16+,29-17+,31-20-/t27-,32-,33-,34+,36+,39-/m1/s1. The molecule has 4 rings (SSSR count). The van der Waals surface area contributed by atoms with Gasteiger partial charge in [-0.25, -0.2) is 0 Å². The van der Waals surface area contributed by atoms with Crippen LogP contribution < -0.4 is 0 Å². The van der Waals surface area contributed by atoms with E-state index in [1.165, 1.54) is 43.3 Å². The number of carbonyl (C=O) groups excluding carboxylic acids is 1. The zero-order valence-electron chi connectivity index (χ0n) is 30.6. The maximum Gasteiger partial charge on any atom is 0.192 e. The van der Waals surface area contributed by atoms with Crippen LogP contribution in [0.1, 0.15) is 113 Å². The molecule has 44 heavy (non-hydrogen) atoms. The summed E-state index contributed by atoms with van der Waals surface area (Å²) in [6, 6.07) is 0. The fourth-order valence-corrected chi connectivity index (χ4v) is 10.5. The predicted molar refractivity (Wildman–Crippen MR) is 193 cm³/mol. The van der Waals surface area contributed by atoms with E-state index in [2.05, 4.69) is 106 Å². The van der Waals surface area contributed by atoms with Crippen molar-refractivity contribution < 1.29 is 13.6 Å². The van der Waals surface area contributed by atoms with Gasteiger partial charge in [0.05, 0.1) is 12.2 Å². The van der Waals surface area contributed by atoms with E-state index in [9.17, 15) is 4.79 Å². The fourth-order valence-electron chi connectivity index (χ4n) is 7.79. The number of carbonyl (C=O) groups is 1. The predicted octanol–water partition coefficient (Wildman–Crippen LogP) is 11.4. The van der Waals surface area contributed by atoms with Crippen LogP contribution in [0, 0.1) is 29.1 Å². The zero-order chi connectivity index (χ0) is 32.9. The van der Waals surface area contributed by atoms with Crippen LogP contribution in [0.2, 0.25) is 36.3 Å². The molecular weight excluding hydrogens is 573 g/mol. The largest absolute Gasteiger partial charge is 0.413 e. The van der Waals surface area contributed by atoms with E-state index in [1.54, 1.807) is 5.57 Å². The smallest absolute Gasteiger partial charge is 0.192 e. The van der Waals surface area contributed by atoms with Crippen molar-refractivity contribution >= 4 is 22.4 Å². The maximum atomic E-state index is 12.4. The van der Waals surface area contributed by atoms with Crippen molar-refractivity contribution in [2.75, 3.05) is 0 Å². The van der Waals surface area contributed by atoms with Crippen LogP contribution >= 0.6 is 0 Å². The number of rotatable bonds is 9. The van der Waals surface area contributed by atoms with E-state index in [4.69, 9.17) is 8.85 Å². The van der Waals surface area contributed by atoms with Crippen molar-refractivity contribution in [3.8, 4) is 0 Å². The lowest BCUT2D eigenvalue weighted by molar-refractivity contribution is -0.115. The average molecular weight is 639 g/mol. The van der Waals surface area contributed by atoms with E-state index in [0.717, 1.165) is 25.7 Å². The van der Waals surface area contributed by atoms with Crippen molar-refractivity contribution in [1.82, 2.24) is 0 Å². The van der Waals surface area contributed by atoms with Crippen LogP contribution in [0.4, 0.5) is 0 Å². The minimum absolute atomic E-state index is 0.0162. The minimum Gasteiger partial charge on any atom is -0.413 e. The molecule has 4 fully saturated rings. The zero-order valence-corrected chi connectivity index (χ0v) is 32.6. The number of ketones is 1. The second-order valence-corrected chi connectivity index (χ2v) is 27.8. The third-order valence-electron chi connectivity index (χ3n) is 13.0. The van der Waals surface area contributed by atoms with E-state index < -0.39 is 16.6 Å². The van der Waals surface area contributed by atoms with Crippen molar-refractivity contribution in [3.63, 3.8) is 0 Å².